The molecule has 1 aromatic carbocycles. The second-order valence-electron chi connectivity index (χ2n) is 2.26. The number of hydrogen-bond donors (Lipinski definition) is 1. The van der Waals surface area contributed by atoms with Gasteiger partial charge in [-0.2, -0.15) is 0 Å². The molecule has 0 heterocycles. The van der Waals surface area contributed by atoms with Gasteiger partial charge in [0, 0.05) is 0 Å². The fourth-order valence-corrected chi connectivity index (χ4v) is 1.17. The molecule has 0 spiro atoms. The van der Waals surface area contributed by atoms with Gasteiger partial charge in [0.1, 0.15) is 5.56 Å². The van der Waals surface area contributed by atoms with Gasteiger partial charge in [-0.3, -0.25) is 0 Å². The van der Waals surface area contributed by atoms with Gasteiger partial charge in [0.2, 0.25) is 0 Å². The predicted molar refractivity (Wildman–Crippen MR) is 50.3 cm³/mol. The van der Waals surface area contributed by atoms with Crippen LogP contribution in [0, 0.1) is 0 Å². The van der Waals surface area contributed by atoms with Crippen molar-refractivity contribution < 1.29 is 19.2 Å². The first-order valence-electron chi connectivity index (χ1n) is 3.47. The number of para-hydroxylation sites is 1. The number of benzene rings is 1. The van der Waals surface area contributed by atoms with Gasteiger partial charge in [-0.1, -0.05) is 6.07 Å². The third-order valence-electron chi connectivity index (χ3n) is 1.54. The van der Waals surface area contributed by atoms with Gasteiger partial charge in [-0.15, -0.1) is 0 Å². The minimum absolute atomic E-state index is 0.0856. The fraction of sp³-hybridized carbons (Fsp3) is 0.125. The second-order valence-corrected chi connectivity index (χ2v) is 2.50. The van der Waals surface area contributed by atoms with Crippen LogP contribution in [0.1, 0.15) is 10.4 Å². The molecule has 1 atom stereocenters. The zero-order chi connectivity index (χ0) is 9.84. The van der Waals surface area contributed by atoms with E-state index in [-0.39, 0.29) is 11.3 Å². The van der Waals surface area contributed by atoms with Gasteiger partial charge in [-0.05, 0) is 12.1 Å². The molecule has 0 aliphatic carbocycles. The summed E-state index contributed by atoms with van der Waals surface area (Å²) in [7, 11) is 3.44. The highest BCUT2D eigenvalue weighted by atomic mass is 31.0. The summed E-state index contributed by atoms with van der Waals surface area (Å²) in [5, 5.41) is 8.77. The van der Waals surface area contributed by atoms with E-state index in [1.807, 2.05) is 9.47 Å². The highest BCUT2D eigenvalue weighted by molar-refractivity contribution is 7.10. The van der Waals surface area contributed by atoms with E-state index in [4.69, 9.17) is 14.4 Å². The monoisotopic (exact) mass is 200 g/mol. The summed E-state index contributed by atoms with van der Waals surface area (Å²) in [6.45, 7) is 0. The van der Waals surface area contributed by atoms with Crippen LogP contribution in [0.25, 0.3) is 0 Å². The number of methoxy groups -OCH3 is 1. The quantitative estimate of drug-likeness (QED) is 0.752. The van der Waals surface area contributed by atoms with E-state index in [0.29, 0.717) is 5.75 Å². The van der Waals surface area contributed by atoms with Gasteiger partial charge in [0.15, 0.2) is 11.5 Å². The smallest absolute Gasteiger partial charge is 0.339 e. The minimum Gasteiger partial charge on any atom is -0.492 e. The van der Waals surface area contributed by atoms with E-state index < -0.39 is 5.97 Å². The Kier molecular flexibility index (Phi) is 3.09. The summed E-state index contributed by atoms with van der Waals surface area (Å²) in [6.07, 6.45) is 0. The number of carboxylic acid groups (broad SMARTS) is 1. The normalized spacial score (nSPS) is 9.38. The van der Waals surface area contributed by atoms with Crippen molar-refractivity contribution in [1.29, 1.82) is 0 Å². The highest BCUT2D eigenvalue weighted by Gasteiger charge is 2.14. The highest BCUT2D eigenvalue weighted by Crippen LogP contribution is 2.31. The molecule has 0 aliphatic rings. The van der Waals surface area contributed by atoms with Crippen molar-refractivity contribution in [3.63, 3.8) is 0 Å². The molecule has 0 radical (unpaired) electrons. The summed E-state index contributed by atoms with van der Waals surface area (Å²) in [6, 6.07) is 4.66. The topological polar surface area (TPSA) is 55.8 Å². The number of hydrogen-bond acceptors (Lipinski definition) is 3. The molecule has 1 N–H and O–H groups in total. The van der Waals surface area contributed by atoms with Crippen molar-refractivity contribution in [2.45, 2.75) is 0 Å². The van der Waals surface area contributed by atoms with Crippen LogP contribution in [0.2, 0.25) is 0 Å². The van der Waals surface area contributed by atoms with Crippen molar-refractivity contribution in [2.24, 2.45) is 0 Å². The Balaban J connectivity index is 3.27. The van der Waals surface area contributed by atoms with Crippen LogP contribution in [0.15, 0.2) is 18.2 Å². The van der Waals surface area contributed by atoms with Crippen LogP contribution in [0.4, 0.5) is 0 Å². The maximum atomic E-state index is 10.7. The molecule has 1 unspecified atom stereocenters. The maximum Gasteiger partial charge on any atom is 0.339 e. The van der Waals surface area contributed by atoms with Crippen molar-refractivity contribution in [3.8, 4) is 11.5 Å². The third-order valence-corrected chi connectivity index (χ3v) is 1.79. The van der Waals surface area contributed by atoms with E-state index >= 15 is 0 Å². The molecule has 0 saturated heterocycles. The number of aromatic carboxylic acids is 1. The van der Waals surface area contributed by atoms with E-state index in [1.54, 1.807) is 12.1 Å². The summed E-state index contributed by atoms with van der Waals surface area (Å²) in [4.78, 5) is 10.7. The van der Waals surface area contributed by atoms with Crippen LogP contribution in [-0.2, 0) is 0 Å². The van der Waals surface area contributed by atoms with Gasteiger partial charge in [0.25, 0.3) is 0 Å². The molecule has 1 rings (SSSR count). The van der Waals surface area contributed by atoms with E-state index in [1.165, 1.54) is 13.2 Å². The maximum absolute atomic E-state index is 10.7. The van der Waals surface area contributed by atoms with Gasteiger partial charge in [-0.25, -0.2) is 4.79 Å². The molecule has 4 nitrogen and oxygen atoms in total. The molecular weight excluding hydrogens is 191 g/mol. The van der Waals surface area contributed by atoms with Crippen LogP contribution < -0.4 is 9.26 Å². The van der Waals surface area contributed by atoms with Gasteiger partial charge >= 0.3 is 5.97 Å². The number of rotatable bonds is 3. The lowest BCUT2D eigenvalue weighted by atomic mass is 10.2. The molecule has 5 heteroatoms. The molecule has 70 valence electrons. The standard InChI is InChI=1S/C8H9O4P/c1-11-7-5(8(9)10)3-2-4-6(7)12-13/h2-4H,13H2,1H3,(H,9,10). The molecular formula is C8H9O4P. The lowest BCUT2D eigenvalue weighted by Crippen LogP contribution is -2.00. The number of ether oxygens (including phenoxy) is 1. The Morgan fingerprint density at radius 2 is 2.23 bits per heavy atom. The molecule has 0 bridgehead atoms. The first kappa shape index (κ1) is 9.81. The van der Waals surface area contributed by atoms with E-state index in [9.17, 15) is 4.79 Å². The second kappa shape index (κ2) is 4.10. The van der Waals surface area contributed by atoms with Crippen LogP contribution >= 0.6 is 9.47 Å². The zero-order valence-electron chi connectivity index (χ0n) is 6.98. The van der Waals surface area contributed by atoms with Crippen molar-refractivity contribution in [2.75, 3.05) is 7.11 Å². The average Bonchev–Trinajstić information content (AvgIpc) is 2.16. The summed E-state index contributed by atoms with van der Waals surface area (Å²) in [5.41, 5.74) is 0.0856. The van der Waals surface area contributed by atoms with Crippen molar-refractivity contribution in [3.05, 3.63) is 23.8 Å². The SMILES string of the molecule is COc1c(OP)cccc1C(=O)O. The molecule has 0 aromatic heterocycles. The molecule has 13 heavy (non-hydrogen) atoms. The minimum atomic E-state index is -1.04. The van der Waals surface area contributed by atoms with Gasteiger partial charge < -0.3 is 14.4 Å². The molecule has 1 aromatic rings. The molecule has 0 saturated carbocycles. The third kappa shape index (κ3) is 1.90. The van der Waals surface area contributed by atoms with Crippen molar-refractivity contribution in [1.82, 2.24) is 0 Å². The van der Waals surface area contributed by atoms with E-state index in [2.05, 4.69) is 0 Å². The van der Waals surface area contributed by atoms with Crippen molar-refractivity contribution >= 4 is 15.4 Å². The lowest BCUT2D eigenvalue weighted by molar-refractivity contribution is 0.0693. The summed E-state index contributed by atoms with van der Waals surface area (Å²) in [5.74, 6) is -0.432. The summed E-state index contributed by atoms with van der Waals surface area (Å²) >= 11 is 0. The zero-order valence-corrected chi connectivity index (χ0v) is 8.14. The predicted octanol–water partition coefficient (Wildman–Crippen LogP) is 1.56. The average molecular weight is 200 g/mol. The first-order chi connectivity index (χ1) is 6.20. The molecule has 0 amide bonds. The fourth-order valence-electron chi connectivity index (χ4n) is 0.988. The van der Waals surface area contributed by atoms with Crippen LogP contribution in [0.3, 0.4) is 0 Å². The first-order valence-corrected chi connectivity index (χ1v) is 3.95. The Morgan fingerprint density at radius 3 is 2.69 bits per heavy atom. The Bertz CT molecular complexity index is 324. The molecule has 0 aliphatic heterocycles. The van der Waals surface area contributed by atoms with Gasteiger partial charge in [0.05, 0.1) is 16.6 Å². The number of carboxylic acids is 1. The van der Waals surface area contributed by atoms with E-state index in [0.717, 1.165) is 0 Å². The Morgan fingerprint density at radius 1 is 1.54 bits per heavy atom. The lowest BCUT2D eigenvalue weighted by Gasteiger charge is -2.08. The van der Waals surface area contributed by atoms with Crippen LogP contribution in [-0.4, -0.2) is 18.2 Å². The molecule has 0 fully saturated rings. The Hall–Kier alpha value is -1.28. The Labute approximate surface area is 77.8 Å². The largest absolute Gasteiger partial charge is 0.492 e. The number of carbonyl (C=O) groups is 1. The van der Waals surface area contributed by atoms with Crippen LogP contribution in [0.5, 0.6) is 11.5 Å². The summed E-state index contributed by atoms with van der Waals surface area (Å²) < 4.78 is 9.76.